The van der Waals surface area contributed by atoms with E-state index in [1.807, 2.05) is 26.2 Å². The number of amides is 3. The predicted octanol–water partition coefficient (Wildman–Crippen LogP) is 1.61. The molecule has 1 saturated heterocycles. The van der Waals surface area contributed by atoms with Crippen LogP contribution in [-0.2, 0) is 14.3 Å². The zero-order chi connectivity index (χ0) is 20.1. The molecule has 1 aliphatic rings. The summed E-state index contributed by atoms with van der Waals surface area (Å²) in [5, 5.41) is 0. The molecule has 150 valence electrons. The van der Waals surface area contributed by atoms with Gasteiger partial charge in [-0.05, 0) is 54.4 Å². The first kappa shape index (κ1) is 22.0. The number of hydrazine groups is 1. The van der Waals surface area contributed by atoms with E-state index in [2.05, 4.69) is 0 Å². The number of hydrogen-bond donors (Lipinski definition) is 2. The van der Waals surface area contributed by atoms with Crippen LogP contribution in [0, 0.1) is 0 Å². The molecule has 1 aliphatic heterocycles. The van der Waals surface area contributed by atoms with Crippen molar-refractivity contribution in [1.82, 2.24) is 15.2 Å². The third kappa shape index (κ3) is 7.47. The highest BCUT2D eigenvalue weighted by molar-refractivity contribution is 5.82. The minimum atomic E-state index is -0.675. The Morgan fingerprint density at radius 1 is 1.04 bits per heavy atom. The maximum atomic E-state index is 12.5. The van der Waals surface area contributed by atoms with Gasteiger partial charge in [-0.1, -0.05) is 0 Å². The van der Waals surface area contributed by atoms with E-state index >= 15 is 0 Å². The third-order valence-corrected chi connectivity index (χ3v) is 3.66. The zero-order valence-corrected chi connectivity index (χ0v) is 16.6. The van der Waals surface area contributed by atoms with Crippen LogP contribution in [0.4, 0.5) is 9.59 Å². The van der Waals surface area contributed by atoms with Crippen molar-refractivity contribution in [2.24, 2.45) is 5.84 Å². The molecular weight excluding hydrogens is 340 g/mol. The van der Waals surface area contributed by atoms with Crippen LogP contribution in [0.15, 0.2) is 0 Å². The third-order valence-electron chi connectivity index (χ3n) is 3.66. The molecule has 0 radical (unpaired) electrons. The molecule has 0 spiro atoms. The van der Waals surface area contributed by atoms with Gasteiger partial charge in [-0.15, -0.1) is 0 Å². The average molecular weight is 372 g/mol. The van der Waals surface area contributed by atoms with Crippen molar-refractivity contribution >= 4 is 18.1 Å². The van der Waals surface area contributed by atoms with E-state index in [0.29, 0.717) is 25.9 Å². The summed E-state index contributed by atoms with van der Waals surface area (Å²) < 4.78 is 10.8. The fourth-order valence-electron chi connectivity index (χ4n) is 2.55. The Morgan fingerprint density at radius 3 is 1.96 bits per heavy atom. The smallest absolute Gasteiger partial charge is 0.411 e. The summed E-state index contributed by atoms with van der Waals surface area (Å²) in [6.45, 7) is 11.4. The minimum Gasteiger partial charge on any atom is -0.444 e. The van der Waals surface area contributed by atoms with E-state index in [0.717, 1.165) is 0 Å². The largest absolute Gasteiger partial charge is 0.444 e. The number of ether oxygens (including phenoxy) is 2. The molecule has 1 fully saturated rings. The summed E-state index contributed by atoms with van der Waals surface area (Å²) in [5.41, 5.74) is 0.797. The van der Waals surface area contributed by atoms with Gasteiger partial charge in [0.15, 0.2) is 0 Å². The molecule has 0 aromatic rings. The highest BCUT2D eigenvalue weighted by Crippen LogP contribution is 2.21. The Bertz CT molecular complexity index is 516. The van der Waals surface area contributed by atoms with Gasteiger partial charge < -0.3 is 14.4 Å². The van der Waals surface area contributed by atoms with E-state index in [4.69, 9.17) is 15.3 Å². The predicted molar refractivity (Wildman–Crippen MR) is 96.1 cm³/mol. The Balaban J connectivity index is 2.74. The van der Waals surface area contributed by atoms with Crippen LogP contribution >= 0.6 is 0 Å². The quantitative estimate of drug-likeness (QED) is 0.442. The SMILES string of the molecule is CC(C)(C)OC(=O)N1CCC(N(CC(=O)NN)C(=O)OC(C)(C)C)CC1. The van der Waals surface area contributed by atoms with Gasteiger partial charge in [0.1, 0.15) is 17.7 Å². The molecule has 0 bridgehead atoms. The monoisotopic (exact) mass is 372 g/mol. The lowest BCUT2D eigenvalue weighted by molar-refractivity contribution is -0.123. The molecule has 9 heteroatoms. The summed E-state index contributed by atoms with van der Waals surface area (Å²) in [6, 6.07) is -0.221. The van der Waals surface area contributed by atoms with E-state index in [9.17, 15) is 14.4 Å². The minimum absolute atomic E-state index is 0.192. The number of hydrogen-bond acceptors (Lipinski definition) is 6. The van der Waals surface area contributed by atoms with Crippen LogP contribution in [0.3, 0.4) is 0 Å². The Labute approximate surface area is 155 Å². The van der Waals surface area contributed by atoms with Crippen molar-refractivity contribution in [3.63, 3.8) is 0 Å². The molecule has 1 rings (SSSR count). The van der Waals surface area contributed by atoms with Gasteiger partial charge in [0.2, 0.25) is 0 Å². The standard InChI is InChI=1S/C17H32N4O5/c1-16(2,3)25-14(23)20-9-7-12(8-10-20)21(11-13(22)19-18)15(24)26-17(4,5)6/h12H,7-11,18H2,1-6H3,(H,19,22). The molecular formula is C17H32N4O5. The first-order chi connectivity index (χ1) is 11.8. The lowest BCUT2D eigenvalue weighted by Gasteiger charge is -2.38. The van der Waals surface area contributed by atoms with E-state index in [1.165, 1.54) is 4.90 Å². The molecule has 9 nitrogen and oxygen atoms in total. The number of carbonyl (C=O) groups is 3. The number of nitrogens with one attached hydrogen (secondary N) is 1. The van der Waals surface area contributed by atoms with Crippen molar-refractivity contribution in [3.05, 3.63) is 0 Å². The van der Waals surface area contributed by atoms with Gasteiger partial charge in [0, 0.05) is 19.1 Å². The second kappa shape index (κ2) is 8.57. The second-order valence-corrected chi connectivity index (χ2v) is 8.37. The number of nitrogens with zero attached hydrogens (tertiary/aromatic N) is 2. The first-order valence-corrected chi connectivity index (χ1v) is 8.79. The second-order valence-electron chi connectivity index (χ2n) is 8.37. The Kier molecular flexibility index (Phi) is 7.25. The van der Waals surface area contributed by atoms with Crippen molar-refractivity contribution in [2.75, 3.05) is 19.6 Å². The van der Waals surface area contributed by atoms with Gasteiger partial charge in [-0.25, -0.2) is 15.4 Å². The normalized spacial score (nSPS) is 16.0. The number of likely N-dealkylation sites (tertiary alicyclic amines) is 1. The van der Waals surface area contributed by atoms with Gasteiger partial charge in [0.05, 0.1) is 0 Å². The van der Waals surface area contributed by atoms with Crippen LogP contribution in [0.25, 0.3) is 0 Å². The van der Waals surface area contributed by atoms with Gasteiger partial charge in [-0.3, -0.25) is 15.1 Å². The summed E-state index contributed by atoms with van der Waals surface area (Å²) in [6.07, 6.45) is 0.100. The molecule has 0 aromatic carbocycles. The number of rotatable bonds is 3. The summed E-state index contributed by atoms with van der Waals surface area (Å²) in [4.78, 5) is 39.3. The van der Waals surface area contributed by atoms with Crippen molar-refractivity contribution in [2.45, 2.75) is 71.6 Å². The maximum Gasteiger partial charge on any atom is 0.411 e. The molecule has 3 amide bonds. The summed E-state index contributed by atoms with van der Waals surface area (Å²) >= 11 is 0. The topological polar surface area (TPSA) is 114 Å². The zero-order valence-electron chi connectivity index (χ0n) is 16.6. The van der Waals surface area contributed by atoms with Crippen LogP contribution in [0.1, 0.15) is 54.4 Å². The maximum absolute atomic E-state index is 12.5. The van der Waals surface area contributed by atoms with Gasteiger partial charge >= 0.3 is 12.2 Å². The summed E-state index contributed by atoms with van der Waals surface area (Å²) in [5.74, 6) is 4.67. The highest BCUT2D eigenvalue weighted by atomic mass is 16.6. The number of nitrogens with two attached hydrogens (primary N) is 1. The van der Waals surface area contributed by atoms with E-state index in [-0.39, 0.29) is 18.7 Å². The molecule has 0 unspecified atom stereocenters. The fourth-order valence-corrected chi connectivity index (χ4v) is 2.55. The molecule has 1 heterocycles. The molecule has 0 saturated carbocycles. The lowest BCUT2D eigenvalue weighted by Crippen LogP contribution is -2.53. The molecule has 0 atom stereocenters. The number of carbonyl (C=O) groups excluding carboxylic acids is 3. The molecule has 0 aliphatic carbocycles. The summed E-state index contributed by atoms with van der Waals surface area (Å²) in [7, 11) is 0. The first-order valence-electron chi connectivity index (χ1n) is 8.79. The van der Waals surface area contributed by atoms with Crippen LogP contribution in [0.5, 0.6) is 0 Å². The van der Waals surface area contributed by atoms with Gasteiger partial charge in [-0.2, -0.15) is 0 Å². The fraction of sp³-hybridized carbons (Fsp3) is 0.824. The molecule has 26 heavy (non-hydrogen) atoms. The van der Waals surface area contributed by atoms with Crippen molar-refractivity contribution in [1.29, 1.82) is 0 Å². The van der Waals surface area contributed by atoms with Crippen LogP contribution < -0.4 is 11.3 Å². The Morgan fingerprint density at radius 2 is 1.54 bits per heavy atom. The van der Waals surface area contributed by atoms with E-state index in [1.54, 1.807) is 25.7 Å². The van der Waals surface area contributed by atoms with Crippen molar-refractivity contribution in [3.8, 4) is 0 Å². The lowest BCUT2D eigenvalue weighted by atomic mass is 10.0. The van der Waals surface area contributed by atoms with Gasteiger partial charge in [0.25, 0.3) is 5.91 Å². The Hall–Kier alpha value is -2.03. The highest BCUT2D eigenvalue weighted by Gasteiger charge is 2.34. The number of piperidine rings is 1. The van der Waals surface area contributed by atoms with Crippen LogP contribution in [0.2, 0.25) is 0 Å². The van der Waals surface area contributed by atoms with E-state index < -0.39 is 23.2 Å². The van der Waals surface area contributed by atoms with Crippen LogP contribution in [-0.4, -0.2) is 64.8 Å². The average Bonchev–Trinajstić information content (AvgIpc) is 2.49. The molecule has 0 aromatic heterocycles. The van der Waals surface area contributed by atoms with Crippen molar-refractivity contribution < 1.29 is 23.9 Å². The molecule has 3 N–H and O–H groups in total.